The van der Waals surface area contributed by atoms with Gasteiger partial charge in [-0.1, -0.05) is 23.3 Å². The Morgan fingerprint density at radius 3 is 2.72 bits per heavy atom. The zero-order valence-corrected chi connectivity index (χ0v) is 21.0. The van der Waals surface area contributed by atoms with E-state index in [9.17, 15) is 5.26 Å². The van der Waals surface area contributed by atoms with Crippen LogP contribution in [0.2, 0.25) is 5.02 Å². The molecule has 0 unspecified atom stereocenters. The molecule has 4 heterocycles. The van der Waals surface area contributed by atoms with Gasteiger partial charge in [-0.2, -0.15) is 10.2 Å². The number of hydrogen-bond donors (Lipinski definition) is 2. The Morgan fingerprint density at radius 1 is 1.31 bits per heavy atom. The van der Waals surface area contributed by atoms with Gasteiger partial charge in [0.2, 0.25) is 0 Å². The van der Waals surface area contributed by atoms with Crippen LogP contribution < -0.4 is 15.5 Å². The minimum Gasteiger partial charge on any atom is -0.378 e. The summed E-state index contributed by atoms with van der Waals surface area (Å²) < 4.78 is 6.79. The molecule has 2 N–H and O–H groups in total. The van der Waals surface area contributed by atoms with Gasteiger partial charge in [-0.3, -0.25) is 4.90 Å². The molecule has 1 aromatic carbocycles. The first kappa shape index (κ1) is 24.1. The molecule has 3 aromatic rings. The van der Waals surface area contributed by atoms with Crippen molar-refractivity contribution in [3.05, 3.63) is 40.3 Å². The molecule has 36 heavy (non-hydrogen) atoms. The molecule has 2 saturated heterocycles. The van der Waals surface area contributed by atoms with Crippen molar-refractivity contribution in [2.24, 2.45) is 0 Å². The van der Waals surface area contributed by atoms with Crippen LogP contribution in [0, 0.1) is 17.9 Å². The second-order valence-electron chi connectivity index (χ2n) is 8.95. The first-order chi connectivity index (χ1) is 17.5. The molecule has 0 spiro atoms. The van der Waals surface area contributed by atoms with Crippen LogP contribution in [-0.2, 0) is 4.74 Å². The summed E-state index contributed by atoms with van der Waals surface area (Å²) in [5, 5.41) is 21.0. The maximum absolute atomic E-state index is 9.70. The van der Waals surface area contributed by atoms with Gasteiger partial charge < -0.3 is 25.1 Å². The molecule has 12 heteroatoms. The lowest BCUT2D eigenvalue weighted by Gasteiger charge is -2.43. The summed E-state index contributed by atoms with van der Waals surface area (Å²) in [6.07, 6.45) is 3.48. The highest BCUT2D eigenvalue weighted by molar-refractivity contribution is 6.36. The Morgan fingerprint density at radius 2 is 2.08 bits per heavy atom. The topological polar surface area (TPSA) is 111 Å². The summed E-state index contributed by atoms with van der Waals surface area (Å²) in [6.45, 7) is 13.3. The van der Waals surface area contributed by atoms with Gasteiger partial charge in [-0.05, 0) is 38.9 Å². The van der Waals surface area contributed by atoms with Crippen molar-refractivity contribution in [3.63, 3.8) is 0 Å². The number of likely N-dealkylation sites (N-methyl/N-ethyl adjacent to an activating group) is 1. The number of nitrogens with zero attached hydrogens (tertiary/aromatic N) is 8. The maximum Gasteiger partial charge on any atom is 0.275 e. The third kappa shape index (κ3) is 4.49. The number of aromatic nitrogens is 4. The summed E-state index contributed by atoms with van der Waals surface area (Å²) in [6, 6.07) is 6.76. The van der Waals surface area contributed by atoms with E-state index in [-0.39, 0.29) is 11.8 Å². The fourth-order valence-corrected chi connectivity index (χ4v) is 4.95. The lowest BCUT2D eigenvalue weighted by molar-refractivity contribution is -0.0718. The molecule has 11 nitrogen and oxygen atoms in total. The second kappa shape index (κ2) is 10.2. The van der Waals surface area contributed by atoms with Gasteiger partial charge in [-0.15, -0.1) is 4.52 Å². The third-order valence-corrected chi connectivity index (χ3v) is 7.21. The number of ether oxygens (including phenoxy) is 1. The molecule has 0 radical (unpaired) electrons. The predicted octanol–water partition coefficient (Wildman–Crippen LogP) is 3.67. The van der Waals surface area contributed by atoms with Crippen LogP contribution in [0.15, 0.2) is 18.3 Å². The molecule has 2 aromatic heterocycles. The Balaban J connectivity index is 1.42. The maximum atomic E-state index is 9.70. The number of benzene rings is 1. The molecule has 0 bridgehead atoms. The molecule has 0 amide bonds. The van der Waals surface area contributed by atoms with Crippen LogP contribution in [0.5, 0.6) is 0 Å². The second-order valence-corrected chi connectivity index (χ2v) is 9.32. The number of nitriles is 1. The normalized spacial score (nSPS) is 16.6. The van der Waals surface area contributed by atoms with Gasteiger partial charge in [0, 0.05) is 25.7 Å². The zero-order chi connectivity index (χ0) is 25.2. The van der Waals surface area contributed by atoms with Crippen LogP contribution in [0.3, 0.4) is 0 Å². The van der Waals surface area contributed by atoms with E-state index in [1.54, 1.807) is 6.07 Å². The van der Waals surface area contributed by atoms with Crippen molar-refractivity contribution in [1.29, 1.82) is 5.26 Å². The summed E-state index contributed by atoms with van der Waals surface area (Å²) in [5.41, 5.74) is 2.29. The highest BCUT2D eigenvalue weighted by Crippen LogP contribution is 2.37. The Kier molecular flexibility index (Phi) is 6.79. The van der Waals surface area contributed by atoms with Gasteiger partial charge in [0.25, 0.3) is 17.4 Å². The van der Waals surface area contributed by atoms with Crippen molar-refractivity contribution in [1.82, 2.24) is 24.5 Å². The molecule has 0 atom stereocenters. The van der Waals surface area contributed by atoms with Gasteiger partial charge in [0.1, 0.15) is 0 Å². The summed E-state index contributed by atoms with van der Waals surface area (Å²) >= 11 is 6.88. The van der Waals surface area contributed by atoms with E-state index in [1.807, 2.05) is 13.0 Å². The number of fused-ring (bicyclic) bond motifs is 1. The average molecular weight is 507 g/mol. The molecule has 2 aliphatic heterocycles. The Bertz CT molecular complexity index is 1350. The minimum absolute atomic E-state index is 0.243. The number of hydrogen-bond acceptors (Lipinski definition) is 9. The van der Waals surface area contributed by atoms with E-state index in [0.717, 1.165) is 44.8 Å². The van der Waals surface area contributed by atoms with Crippen LogP contribution >= 0.6 is 11.6 Å². The molecule has 186 valence electrons. The summed E-state index contributed by atoms with van der Waals surface area (Å²) in [5.74, 6) is 1.02. The van der Waals surface area contributed by atoms with Crippen LogP contribution in [-0.4, -0.2) is 76.5 Å². The van der Waals surface area contributed by atoms with Crippen molar-refractivity contribution in [3.8, 4) is 6.07 Å². The Hall–Kier alpha value is -3.64. The fraction of sp³-hybridized carbons (Fsp3) is 0.458. The number of nitrogens with one attached hydrogen (secondary N) is 2. The number of halogens is 1. The van der Waals surface area contributed by atoms with Crippen LogP contribution in [0.1, 0.15) is 25.3 Å². The molecule has 5 rings (SSSR count). The smallest absolute Gasteiger partial charge is 0.275 e. The number of rotatable bonds is 7. The van der Waals surface area contributed by atoms with Gasteiger partial charge >= 0.3 is 0 Å². The molecule has 2 fully saturated rings. The fourth-order valence-electron chi connectivity index (χ4n) is 4.67. The van der Waals surface area contributed by atoms with E-state index in [1.165, 1.54) is 10.7 Å². The van der Waals surface area contributed by atoms with Gasteiger partial charge in [0.15, 0.2) is 5.82 Å². The van der Waals surface area contributed by atoms with E-state index in [0.29, 0.717) is 46.4 Å². The number of imidazole rings is 1. The average Bonchev–Trinajstić information content (AvgIpc) is 3.28. The first-order valence-corrected chi connectivity index (χ1v) is 12.3. The number of piperidine rings is 1. The van der Waals surface area contributed by atoms with Crippen molar-refractivity contribution >= 4 is 46.2 Å². The summed E-state index contributed by atoms with van der Waals surface area (Å²) in [4.78, 5) is 17.0. The van der Waals surface area contributed by atoms with E-state index in [2.05, 4.69) is 53.5 Å². The first-order valence-electron chi connectivity index (χ1n) is 11.9. The molecule has 0 aliphatic carbocycles. The van der Waals surface area contributed by atoms with Gasteiger partial charge in [0.05, 0.1) is 53.5 Å². The van der Waals surface area contributed by atoms with Gasteiger partial charge in [-0.25, -0.2) is 4.98 Å². The van der Waals surface area contributed by atoms with E-state index in [4.69, 9.17) is 22.9 Å². The van der Waals surface area contributed by atoms with Crippen LogP contribution in [0.4, 0.5) is 29.0 Å². The number of anilines is 4. The minimum atomic E-state index is 0.243. The van der Waals surface area contributed by atoms with Crippen LogP contribution in [0.25, 0.3) is 10.5 Å². The highest BCUT2D eigenvalue weighted by Gasteiger charge is 2.31. The van der Waals surface area contributed by atoms with Crippen molar-refractivity contribution in [2.75, 3.05) is 55.4 Å². The van der Waals surface area contributed by atoms with Crippen molar-refractivity contribution in [2.45, 2.75) is 31.8 Å². The molecule has 2 aliphatic rings. The predicted molar refractivity (Wildman–Crippen MR) is 138 cm³/mol. The lowest BCUT2D eigenvalue weighted by atomic mass is 10.00. The highest BCUT2D eigenvalue weighted by atomic mass is 35.5. The van der Waals surface area contributed by atoms with E-state index >= 15 is 0 Å². The monoisotopic (exact) mass is 506 g/mol. The Labute approximate surface area is 214 Å². The largest absolute Gasteiger partial charge is 0.378 e. The third-order valence-electron chi connectivity index (χ3n) is 6.81. The quantitative estimate of drug-likeness (QED) is 0.463. The summed E-state index contributed by atoms with van der Waals surface area (Å²) in [7, 11) is 2.18. The molecule has 0 saturated carbocycles. The molecular formula is C24H27ClN10O. The zero-order valence-electron chi connectivity index (χ0n) is 20.2. The van der Waals surface area contributed by atoms with E-state index < -0.39 is 0 Å². The molecular weight excluding hydrogens is 480 g/mol. The SMILES string of the molecule is [C-]#[N+]c1cnc2c(NCC)nc(Nc3cc(C#N)cc(N4CCC(N(C)C5COC5)CC4)c3Cl)nn12. The van der Waals surface area contributed by atoms with Crippen molar-refractivity contribution < 1.29 is 4.74 Å². The lowest BCUT2D eigenvalue weighted by Crippen LogP contribution is -2.54. The standard InChI is InChI=1S/C24H27ClN10O/c1-4-28-22-23-29-12-20(27-2)35(23)32-24(31-22)30-18-9-15(11-26)10-19(21(18)25)34-7-5-16(6-8-34)33(3)17-13-36-14-17/h9-10,12,16-17H,4-8,13-14H2,1,3H3,(H2,28,30,31,32).